The average Bonchev–Trinajstić information content (AvgIpc) is 2.80. The van der Waals surface area contributed by atoms with E-state index in [4.69, 9.17) is 0 Å². The van der Waals surface area contributed by atoms with Gasteiger partial charge in [0.1, 0.15) is 0 Å². The first-order valence-electron chi connectivity index (χ1n) is 8.13. The Labute approximate surface area is 134 Å². The van der Waals surface area contributed by atoms with E-state index in [-0.39, 0.29) is 5.54 Å². The van der Waals surface area contributed by atoms with Gasteiger partial charge in [0.25, 0.3) is 0 Å². The van der Waals surface area contributed by atoms with Crippen LogP contribution in [0.25, 0.3) is 6.08 Å². The van der Waals surface area contributed by atoms with Crippen LogP contribution in [0, 0.1) is 0 Å². The molecular formula is C21H25N. The maximum Gasteiger partial charge on any atom is 0.0435 e. The van der Waals surface area contributed by atoms with Crippen molar-refractivity contribution in [2.24, 2.45) is 0 Å². The summed E-state index contributed by atoms with van der Waals surface area (Å²) in [6.07, 6.45) is 5.87. The summed E-state index contributed by atoms with van der Waals surface area (Å²) >= 11 is 0. The van der Waals surface area contributed by atoms with Crippen LogP contribution < -0.4 is 0 Å². The molecule has 0 aromatic heterocycles. The minimum atomic E-state index is 0.0522. The van der Waals surface area contributed by atoms with Gasteiger partial charge in [0.15, 0.2) is 0 Å². The molecule has 2 aromatic carbocycles. The highest BCUT2D eigenvalue weighted by Gasteiger charge is 2.45. The second-order valence-electron chi connectivity index (χ2n) is 6.63. The SMILES string of the molecule is C[C@@H]1C[C@H](c2ccccc2)[C@@](C)(C=Cc2ccccc2)N1C. The Bertz CT molecular complexity index is 631. The van der Waals surface area contributed by atoms with Gasteiger partial charge in [-0.2, -0.15) is 0 Å². The normalized spacial score (nSPS) is 29.2. The molecule has 1 heterocycles. The molecule has 0 aliphatic carbocycles. The molecule has 1 nitrogen and oxygen atoms in total. The summed E-state index contributed by atoms with van der Waals surface area (Å²) in [5.74, 6) is 0.536. The van der Waals surface area contributed by atoms with Gasteiger partial charge in [0.2, 0.25) is 0 Å². The predicted molar refractivity (Wildman–Crippen MR) is 94.9 cm³/mol. The molecule has 0 spiro atoms. The van der Waals surface area contributed by atoms with E-state index in [1.54, 1.807) is 0 Å². The number of hydrogen-bond donors (Lipinski definition) is 0. The zero-order chi connectivity index (χ0) is 15.6. The lowest BCUT2D eigenvalue weighted by Gasteiger charge is -2.36. The monoisotopic (exact) mass is 291 g/mol. The Hall–Kier alpha value is -1.86. The van der Waals surface area contributed by atoms with Crippen LogP contribution in [0.3, 0.4) is 0 Å². The van der Waals surface area contributed by atoms with Gasteiger partial charge in [0, 0.05) is 17.5 Å². The van der Waals surface area contributed by atoms with Crippen molar-refractivity contribution >= 4 is 6.08 Å². The molecule has 1 heteroatoms. The van der Waals surface area contributed by atoms with Crippen LogP contribution in [0.2, 0.25) is 0 Å². The van der Waals surface area contributed by atoms with Crippen LogP contribution in [0.15, 0.2) is 66.7 Å². The van der Waals surface area contributed by atoms with Crippen LogP contribution >= 0.6 is 0 Å². The van der Waals surface area contributed by atoms with Gasteiger partial charge in [-0.3, -0.25) is 4.90 Å². The molecular weight excluding hydrogens is 266 g/mol. The fourth-order valence-corrected chi connectivity index (χ4v) is 3.68. The number of hydrogen-bond acceptors (Lipinski definition) is 1. The van der Waals surface area contributed by atoms with Gasteiger partial charge in [-0.25, -0.2) is 0 Å². The highest BCUT2D eigenvalue weighted by Crippen LogP contribution is 2.45. The van der Waals surface area contributed by atoms with Gasteiger partial charge < -0.3 is 0 Å². The highest BCUT2D eigenvalue weighted by atomic mass is 15.2. The van der Waals surface area contributed by atoms with E-state index in [9.17, 15) is 0 Å². The first-order valence-corrected chi connectivity index (χ1v) is 8.13. The minimum Gasteiger partial charge on any atom is -0.294 e. The van der Waals surface area contributed by atoms with E-state index in [2.05, 4.69) is 98.6 Å². The summed E-state index contributed by atoms with van der Waals surface area (Å²) in [7, 11) is 2.25. The van der Waals surface area contributed by atoms with Gasteiger partial charge in [-0.05, 0) is 38.4 Å². The Balaban J connectivity index is 1.95. The number of nitrogens with zero attached hydrogens (tertiary/aromatic N) is 1. The van der Waals surface area contributed by atoms with Gasteiger partial charge in [-0.15, -0.1) is 0 Å². The van der Waals surface area contributed by atoms with Crippen molar-refractivity contribution in [3.8, 4) is 0 Å². The Kier molecular flexibility index (Phi) is 4.17. The fourth-order valence-electron chi connectivity index (χ4n) is 3.68. The smallest absolute Gasteiger partial charge is 0.0435 e. The molecule has 0 saturated carbocycles. The summed E-state index contributed by atoms with van der Waals surface area (Å²) in [5.41, 5.74) is 2.76. The quantitative estimate of drug-likeness (QED) is 0.772. The van der Waals surface area contributed by atoms with E-state index in [1.807, 2.05) is 0 Å². The number of likely N-dealkylation sites (N-methyl/N-ethyl adjacent to an activating group) is 1. The third kappa shape index (κ3) is 2.74. The Morgan fingerprint density at radius 1 is 1.00 bits per heavy atom. The first-order chi connectivity index (χ1) is 10.6. The molecule has 22 heavy (non-hydrogen) atoms. The first kappa shape index (κ1) is 15.1. The Morgan fingerprint density at radius 2 is 1.59 bits per heavy atom. The van der Waals surface area contributed by atoms with E-state index >= 15 is 0 Å². The second-order valence-corrected chi connectivity index (χ2v) is 6.63. The van der Waals surface area contributed by atoms with Gasteiger partial charge >= 0.3 is 0 Å². The van der Waals surface area contributed by atoms with Crippen molar-refractivity contribution in [2.45, 2.75) is 37.8 Å². The van der Waals surface area contributed by atoms with Gasteiger partial charge in [0.05, 0.1) is 0 Å². The lowest BCUT2D eigenvalue weighted by molar-refractivity contribution is 0.196. The fraction of sp³-hybridized carbons (Fsp3) is 0.333. The van der Waals surface area contributed by atoms with E-state index in [1.165, 1.54) is 17.5 Å². The number of benzene rings is 2. The summed E-state index contributed by atoms with van der Waals surface area (Å²) in [6, 6.07) is 22.1. The largest absolute Gasteiger partial charge is 0.294 e. The molecule has 1 saturated heterocycles. The predicted octanol–water partition coefficient (Wildman–Crippen LogP) is 4.97. The van der Waals surface area contributed by atoms with Crippen LogP contribution in [-0.2, 0) is 0 Å². The topological polar surface area (TPSA) is 3.24 Å². The van der Waals surface area contributed by atoms with Crippen molar-refractivity contribution in [3.63, 3.8) is 0 Å². The van der Waals surface area contributed by atoms with E-state index in [0.717, 1.165) is 0 Å². The molecule has 3 atom stereocenters. The molecule has 1 aliphatic rings. The van der Waals surface area contributed by atoms with Crippen molar-refractivity contribution < 1.29 is 0 Å². The average molecular weight is 291 g/mol. The number of likely N-dealkylation sites (tertiary alicyclic amines) is 1. The number of rotatable bonds is 3. The van der Waals surface area contributed by atoms with Crippen molar-refractivity contribution in [2.75, 3.05) is 7.05 Å². The minimum absolute atomic E-state index is 0.0522. The maximum atomic E-state index is 2.52. The molecule has 1 aliphatic heterocycles. The molecule has 0 N–H and O–H groups in total. The molecule has 2 aromatic rings. The van der Waals surface area contributed by atoms with Gasteiger partial charge in [-0.1, -0.05) is 72.8 Å². The maximum absolute atomic E-state index is 2.52. The standard InChI is InChI=1S/C21H25N/c1-17-16-20(19-12-8-5-9-13-19)21(2,22(17)3)15-14-18-10-6-4-7-11-18/h4-15,17,20H,16H2,1-3H3/t17-,20-,21-/m1/s1. The molecule has 0 bridgehead atoms. The van der Waals surface area contributed by atoms with Crippen molar-refractivity contribution in [1.82, 2.24) is 4.90 Å². The van der Waals surface area contributed by atoms with Crippen molar-refractivity contribution in [3.05, 3.63) is 77.9 Å². The van der Waals surface area contributed by atoms with Crippen LogP contribution in [-0.4, -0.2) is 23.5 Å². The van der Waals surface area contributed by atoms with E-state index < -0.39 is 0 Å². The third-order valence-corrected chi connectivity index (χ3v) is 5.32. The summed E-state index contributed by atoms with van der Waals surface area (Å²) in [4.78, 5) is 2.52. The zero-order valence-corrected chi connectivity index (χ0v) is 13.7. The van der Waals surface area contributed by atoms with Crippen LogP contribution in [0.1, 0.15) is 37.3 Å². The lowest BCUT2D eigenvalue weighted by atomic mass is 9.80. The summed E-state index contributed by atoms with van der Waals surface area (Å²) in [6.45, 7) is 4.70. The van der Waals surface area contributed by atoms with Crippen molar-refractivity contribution in [1.29, 1.82) is 0 Å². The molecule has 0 amide bonds. The Morgan fingerprint density at radius 3 is 2.23 bits per heavy atom. The highest BCUT2D eigenvalue weighted by molar-refractivity contribution is 5.51. The second kappa shape index (κ2) is 6.10. The molecule has 114 valence electrons. The van der Waals surface area contributed by atoms with Crippen LogP contribution in [0.4, 0.5) is 0 Å². The lowest BCUT2D eigenvalue weighted by Crippen LogP contribution is -2.42. The summed E-state index contributed by atoms with van der Waals surface area (Å²) in [5, 5.41) is 0. The summed E-state index contributed by atoms with van der Waals surface area (Å²) < 4.78 is 0. The zero-order valence-electron chi connectivity index (χ0n) is 13.7. The molecule has 0 unspecified atom stereocenters. The molecule has 0 radical (unpaired) electrons. The van der Waals surface area contributed by atoms with Crippen LogP contribution in [0.5, 0.6) is 0 Å². The third-order valence-electron chi connectivity index (χ3n) is 5.32. The van der Waals surface area contributed by atoms with E-state index in [0.29, 0.717) is 12.0 Å². The molecule has 1 fully saturated rings. The molecule has 3 rings (SSSR count).